The van der Waals surface area contributed by atoms with Crippen LogP contribution in [-0.2, 0) is 10.0 Å². The number of nitriles is 1. The van der Waals surface area contributed by atoms with Crippen molar-refractivity contribution in [3.63, 3.8) is 0 Å². The number of benzene rings is 1. The standard InChI is InChI=1S/C11H11FN2O4S/c1-2-8(6-13)19(17,18)14-10-5-7(11(15)16)3-4-9(10)12/h3-5,8,14H,2H2,1H3,(H,15,16). The van der Waals surface area contributed by atoms with Crippen molar-refractivity contribution < 1.29 is 22.7 Å². The van der Waals surface area contributed by atoms with E-state index in [1.54, 1.807) is 6.07 Å². The number of nitrogens with one attached hydrogen (secondary N) is 1. The molecule has 0 aliphatic carbocycles. The third kappa shape index (κ3) is 3.42. The molecule has 1 rings (SSSR count). The Morgan fingerprint density at radius 1 is 1.58 bits per heavy atom. The molecule has 0 radical (unpaired) electrons. The second kappa shape index (κ2) is 5.67. The highest BCUT2D eigenvalue weighted by atomic mass is 32.2. The van der Waals surface area contributed by atoms with E-state index >= 15 is 0 Å². The molecule has 0 fully saturated rings. The highest BCUT2D eigenvalue weighted by molar-refractivity contribution is 7.93. The molecule has 0 saturated heterocycles. The van der Waals surface area contributed by atoms with E-state index in [0.717, 1.165) is 18.2 Å². The number of carbonyl (C=O) groups is 1. The number of halogens is 1. The van der Waals surface area contributed by atoms with Crippen LogP contribution in [0.1, 0.15) is 23.7 Å². The summed E-state index contributed by atoms with van der Waals surface area (Å²) in [5, 5.41) is 16.1. The van der Waals surface area contributed by atoms with E-state index in [4.69, 9.17) is 10.4 Å². The van der Waals surface area contributed by atoms with Gasteiger partial charge in [0, 0.05) is 0 Å². The van der Waals surface area contributed by atoms with E-state index in [0.29, 0.717) is 0 Å². The minimum Gasteiger partial charge on any atom is -0.478 e. The zero-order valence-electron chi connectivity index (χ0n) is 9.92. The first-order valence-electron chi connectivity index (χ1n) is 5.26. The summed E-state index contributed by atoms with van der Waals surface area (Å²) in [6.45, 7) is 1.50. The smallest absolute Gasteiger partial charge is 0.335 e. The van der Waals surface area contributed by atoms with Gasteiger partial charge in [-0.25, -0.2) is 17.6 Å². The van der Waals surface area contributed by atoms with Crippen LogP contribution in [0, 0.1) is 17.1 Å². The summed E-state index contributed by atoms with van der Waals surface area (Å²) in [7, 11) is -4.08. The van der Waals surface area contributed by atoms with Crippen molar-refractivity contribution in [1.82, 2.24) is 0 Å². The first-order chi connectivity index (χ1) is 8.81. The number of carboxylic acid groups (broad SMARTS) is 1. The SMILES string of the molecule is CCC(C#N)S(=O)(=O)Nc1cc(C(=O)O)ccc1F. The zero-order chi connectivity index (χ0) is 14.6. The lowest BCUT2D eigenvalue weighted by Gasteiger charge is -2.12. The molecule has 1 aromatic rings. The van der Waals surface area contributed by atoms with E-state index in [2.05, 4.69) is 0 Å². The Balaban J connectivity index is 3.16. The van der Waals surface area contributed by atoms with E-state index in [-0.39, 0.29) is 12.0 Å². The van der Waals surface area contributed by atoms with Crippen molar-refractivity contribution in [1.29, 1.82) is 5.26 Å². The summed E-state index contributed by atoms with van der Waals surface area (Å²) < 4.78 is 38.8. The van der Waals surface area contributed by atoms with E-state index in [9.17, 15) is 17.6 Å². The van der Waals surface area contributed by atoms with Gasteiger partial charge in [-0.05, 0) is 24.6 Å². The van der Waals surface area contributed by atoms with Crippen molar-refractivity contribution in [2.45, 2.75) is 18.6 Å². The van der Waals surface area contributed by atoms with Crippen molar-refractivity contribution >= 4 is 21.7 Å². The van der Waals surface area contributed by atoms with Gasteiger partial charge >= 0.3 is 5.97 Å². The normalized spacial score (nSPS) is 12.5. The first-order valence-corrected chi connectivity index (χ1v) is 6.80. The van der Waals surface area contributed by atoms with Gasteiger partial charge in [0.2, 0.25) is 10.0 Å². The summed E-state index contributed by atoms with van der Waals surface area (Å²) in [6.07, 6.45) is 0.0338. The second-order valence-corrected chi connectivity index (χ2v) is 5.54. The van der Waals surface area contributed by atoms with E-state index in [1.165, 1.54) is 6.92 Å². The number of rotatable bonds is 5. The number of anilines is 1. The number of nitrogens with zero attached hydrogens (tertiary/aromatic N) is 1. The minimum atomic E-state index is -4.08. The summed E-state index contributed by atoms with van der Waals surface area (Å²) >= 11 is 0. The first kappa shape index (κ1) is 14.9. The summed E-state index contributed by atoms with van der Waals surface area (Å²) in [6, 6.07) is 4.29. The van der Waals surface area contributed by atoms with Crippen LogP contribution in [0.25, 0.3) is 0 Å². The van der Waals surface area contributed by atoms with Crippen LogP contribution in [0.4, 0.5) is 10.1 Å². The third-order valence-corrected chi connectivity index (χ3v) is 4.05. The molecule has 1 unspecified atom stereocenters. The van der Waals surface area contributed by atoms with Gasteiger partial charge in [0.25, 0.3) is 0 Å². The Kier molecular flexibility index (Phi) is 4.45. The van der Waals surface area contributed by atoms with Crippen LogP contribution < -0.4 is 4.72 Å². The van der Waals surface area contributed by atoms with Gasteiger partial charge in [-0.15, -0.1) is 0 Å². The van der Waals surface area contributed by atoms with Crippen molar-refractivity contribution in [3.8, 4) is 6.07 Å². The van der Waals surface area contributed by atoms with E-state index < -0.39 is 32.7 Å². The van der Waals surface area contributed by atoms with Gasteiger partial charge in [-0.3, -0.25) is 4.72 Å². The van der Waals surface area contributed by atoms with Crippen molar-refractivity contribution in [2.75, 3.05) is 4.72 Å². The average molecular weight is 286 g/mol. The molecule has 0 bridgehead atoms. The predicted octanol–water partition coefficient (Wildman–Crippen LogP) is 1.57. The molecule has 2 N–H and O–H groups in total. The molecule has 102 valence electrons. The lowest BCUT2D eigenvalue weighted by molar-refractivity contribution is 0.0697. The van der Waals surface area contributed by atoms with Gasteiger partial charge < -0.3 is 5.11 Å². The van der Waals surface area contributed by atoms with E-state index in [1.807, 2.05) is 4.72 Å². The van der Waals surface area contributed by atoms with Crippen molar-refractivity contribution in [2.24, 2.45) is 0 Å². The molecule has 19 heavy (non-hydrogen) atoms. The lowest BCUT2D eigenvalue weighted by Crippen LogP contribution is -2.26. The second-order valence-electron chi connectivity index (χ2n) is 3.67. The van der Waals surface area contributed by atoms with Gasteiger partial charge in [0.15, 0.2) is 5.25 Å². The third-order valence-electron chi connectivity index (χ3n) is 2.35. The van der Waals surface area contributed by atoms with Gasteiger partial charge in [-0.2, -0.15) is 5.26 Å². The monoisotopic (exact) mass is 286 g/mol. The molecule has 8 heteroatoms. The summed E-state index contributed by atoms with van der Waals surface area (Å²) in [5.74, 6) is -2.23. The zero-order valence-corrected chi connectivity index (χ0v) is 10.7. The molecule has 6 nitrogen and oxygen atoms in total. The fourth-order valence-electron chi connectivity index (χ4n) is 1.34. The van der Waals surface area contributed by atoms with Crippen LogP contribution in [0.15, 0.2) is 18.2 Å². The Morgan fingerprint density at radius 2 is 2.21 bits per heavy atom. The van der Waals surface area contributed by atoms with Crippen LogP contribution >= 0.6 is 0 Å². The molecular formula is C11H11FN2O4S. The highest BCUT2D eigenvalue weighted by Crippen LogP contribution is 2.19. The van der Waals surface area contributed by atoms with Crippen molar-refractivity contribution in [3.05, 3.63) is 29.6 Å². The largest absolute Gasteiger partial charge is 0.478 e. The Bertz CT molecular complexity index is 637. The predicted molar refractivity (Wildman–Crippen MR) is 65.6 cm³/mol. The molecule has 0 aliphatic rings. The molecule has 0 saturated carbocycles. The molecule has 1 aromatic carbocycles. The summed E-state index contributed by atoms with van der Waals surface area (Å²) in [5.41, 5.74) is -0.752. The topological polar surface area (TPSA) is 107 Å². The van der Waals surface area contributed by atoms with Crippen LogP contribution in [0.2, 0.25) is 0 Å². The molecule has 0 aliphatic heterocycles. The average Bonchev–Trinajstić information content (AvgIpc) is 2.32. The Morgan fingerprint density at radius 3 is 2.68 bits per heavy atom. The summed E-state index contributed by atoms with van der Waals surface area (Å²) in [4.78, 5) is 10.7. The lowest BCUT2D eigenvalue weighted by atomic mass is 10.2. The Hall–Kier alpha value is -2.14. The minimum absolute atomic E-state index is 0.0338. The quantitative estimate of drug-likeness (QED) is 0.854. The van der Waals surface area contributed by atoms with Gasteiger partial charge in [-0.1, -0.05) is 6.92 Å². The molecule has 0 amide bonds. The fraction of sp³-hybridized carbons (Fsp3) is 0.273. The number of hydrogen-bond acceptors (Lipinski definition) is 4. The molecule has 0 aromatic heterocycles. The maximum Gasteiger partial charge on any atom is 0.335 e. The fourth-order valence-corrected chi connectivity index (χ4v) is 2.52. The number of sulfonamides is 1. The van der Waals surface area contributed by atoms with Crippen LogP contribution in [0.3, 0.4) is 0 Å². The van der Waals surface area contributed by atoms with Crippen LogP contribution in [0.5, 0.6) is 0 Å². The maximum absolute atomic E-state index is 13.4. The van der Waals surface area contributed by atoms with Crippen LogP contribution in [-0.4, -0.2) is 24.7 Å². The number of aromatic carboxylic acids is 1. The number of carboxylic acids is 1. The molecule has 0 spiro atoms. The highest BCUT2D eigenvalue weighted by Gasteiger charge is 2.24. The number of hydrogen-bond donors (Lipinski definition) is 2. The molecule has 1 atom stereocenters. The van der Waals surface area contributed by atoms with Gasteiger partial charge in [0.05, 0.1) is 17.3 Å². The molecule has 0 heterocycles. The maximum atomic E-state index is 13.4. The molecular weight excluding hydrogens is 275 g/mol. The Labute approximate surface area is 109 Å². The van der Waals surface area contributed by atoms with Gasteiger partial charge in [0.1, 0.15) is 5.82 Å².